The van der Waals surface area contributed by atoms with Crippen molar-refractivity contribution in [3.8, 4) is 11.5 Å². The lowest BCUT2D eigenvalue weighted by Gasteiger charge is -2.12. The summed E-state index contributed by atoms with van der Waals surface area (Å²) in [5, 5.41) is 3.17. The molecular weight excluding hydrogens is 342 g/mol. The molecule has 6 heteroatoms. The van der Waals surface area contributed by atoms with Gasteiger partial charge in [0.15, 0.2) is 5.69 Å². The molecule has 0 bridgehead atoms. The minimum absolute atomic E-state index is 0.172. The van der Waals surface area contributed by atoms with E-state index in [-0.39, 0.29) is 5.69 Å². The van der Waals surface area contributed by atoms with Crippen LogP contribution in [0.15, 0.2) is 60.9 Å². The van der Waals surface area contributed by atoms with Gasteiger partial charge in [-0.05, 0) is 37.1 Å². The Hall–Kier alpha value is -3.41. The van der Waals surface area contributed by atoms with Crippen molar-refractivity contribution in [2.75, 3.05) is 19.0 Å². The molecule has 0 spiro atoms. The molecule has 3 aromatic rings. The molecule has 0 unspecified atom stereocenters. The molecule has 6 nitrogen and oxygen atoms in total. The highest BCUT2D eigenvalue weighted by molar-refractivity contribution is 5.87. The molecule has 0 amide bonds. The van der Waals surface area contributed by atoms with Gasteiger partial charge in [-0.3, -0.25) is 4.98 Å². The van der Waals surface area contributed by atoms with Crippen molar-refractivity contribution in [3.63, 3.8) is 0 Å². The lowest BCUT2D eigenvalue weighted by molar-refractivity contribution is 0.0593. The summed E-state index contributed by atoms with van der Waals surface area (Å²) in [6.45, 7) is 2.66. The van der Waals surface area contributed by atoms with Crippen molar-refractivity contribution >= 4 is 11.8 Å². The van der Waals surface area contributed by atoms with Gasteiger partial charge >= 0.3 is 5.97 Å². The van der Waals surface area contributed by atoms with E-state index in [9.17, 15) is 4.79 Å². The fourth-order valence-corrected chi connectivity index (χ4v) is 2.52. The normalized spacial score (nSPS) is 10.3. The van der Waals surface area contributed by atoms with Gasteiger partial charge in [-0.1, -0.05) is 35.9 Å². The molecule has 2 aromatic carbocycles. The second kappa shape index (κ2) is 8.80. The molecule has 3 rings (SSSR count). The number of ether oxygens (including phenoxy) is 2. The predicted octanol–water partition coefficient (Wildman–Crippen LogP) is 4.02. The molecule has 1 heterocycles. The third kappa shape index (κ3) is 5.04. The Kier molecular flexibility index (Phi) is 5.99. The number of aromatic nitrogens is 2. The monoisotopic (exact) mass is 363 g/mol. The maximum Gasteiger partial charge on any atom is 0.358 e. The quantitative estimate of drug-likeness (QED) is 0.639. The zero-order valence-corrected chi connectivity index (χ0v) is 15.3. The lowest BCUT2D eigenvalue weighted by atomic mass is 10.1. The van der Waals surface area contributed by atoms with E-state index in [2.05, 4.69) is 20.0 Å². The maximum absolute atomic E-state index is 11.5. The zero-order valence-electron chi connectivity index (χ0n) is 15.3. The van der Waals surface area contributed by atoms with Gasteiger partial charge < -0.3 is 14.8 Å². The summed E-state index contributed by atoms with van der Waals surface area (Å²) in [4.78, 5) is 19.7. The van der Waals surface area contributed by atoms with Crippen molar-refractivity contribution in [1.29, 1.82) is 0 Å². The Morgan fingerprint density at radius 2 is 1.85 bits per heavy atom. The average molecular weight is 363 g/mol. The van der Waals surface area contributed by atoms with Crippen LogP contribution in [0, 0.1) is 6.92 Å². The number of nitrogens with zero attached hydrogens (tertiary/aromatic N) is 2. The third-order valence-electron chi connectivity index (χ3n) is 3.95. The number of methoxy groups -OCH3 is 1. The van der Waals surface area contributed by atoms with E-state index >= 15 is 0 Å². The fourth-order valence-electron chi connectivity index (χ4n) is 2.52. The van der Waals surface area contributed by atoms with E-state index in [1.54, 1.807) is 6.20 Å². The number of carbonyl (C=O) groups is 1. The van der Waals surface area contributed by atoms with Gasteiger partial charge in [-0.2, -0.15) is 0 Å². The van der Waals surface area contributed by atoms with Gasteiger partial charge in [0.1, 0.15) is 17.3 Å². The van der Waals surface area contributed by atoms with Crippen LogP contribution in [-0.4, -0.2) is 29.6 Å². The average Bonchev–Trinajstić information content (AvgIpc) is 2.70. The number of para-hydroxylation sites is 1. The Morgan fingerprint density at radius 1 is 1.07 bits per heavy atom. The molecule has 0 atom stereocenters. The van der Waals surface area contributed by atoms with Gasteiger partial charge in [0, 0.05) is 6.54 Å². The standard InChI is InChI=1S/C21H21N3O3/c1-15-7-9-17(10-8-15)27-19-6-4-3-5-16(19)11-12-23-20-14-22-13-18(24-20)21(25)26-2/h3-10,13-14H,11-12H2,1-2H3,(H,23,24). The number of benzene rings is 2. The number of hydrogen-bond acceptors (Lipinski definition) is 6. The highest BCUT2D eigenvalue weighted by atomic mass is 16.5. The Bertz CT molecular complexity index is 911. The maximum atomic E-state index is 11.5. The van der Waals surface area contributed by atoms with Crippen molar-refractivity contribution in [3.05, 3.63) is 77.7 Å². The van der Waals surface area contributed by atoms with Crippen LogP contribution >= 0.6 is 0 Å². The van der Waals surface area contributed by atoms with Crippen molar-refractivity contribution in [2.45, 2.75) is 13.3 Å². The second-order valence-electron chi connectivity index (χ2n) is 5.98. The molecule has 138 valence electrons. The lowest BCUT2D eigenvalue weighted by Crippen LogP contribution is -2.11. The summed E-state index contributed by atoms with van der Waals surface area (Å²) < 4.78 is 10.7. The molecule has 0 saturated carbocycles. The summed E-state index contributed by atoms with van der Waals surface area (Å²) >= 11 is 0. The molecule has 0 aliphatic heterocycles. The van der Waals surface area contributed by atoms with Gasteiger partial charge in [-0.25, -0.2) is 9.78 Å². The van der Waals surface area contributed by atoms with Crippen LogP contribution in [0.4, 0.5) is 5.82 Å². The summed E-state index contributed by atoms with van der Waals surface area (Å²) in [6, 6.07) is 15.9. The van der Waals surface area contributed by atoms with Crippen LogP contribution in [-0.2, 0) is 11.2 Å². The van der Waals surface area contributed by atoms with E-state index in [0.717, 1.165) is 23.5 Å². The summed E-state index contributed by atoms with van der Waals surface area (Å²) in [6.07, 6.45) is 3.68. The molecular formula is C21H21N3O3. The Labute approximate surface area is 158 Å². The number of aryl methyl sites for hydroxylation is 1. The number of carbonyl (C=O) groups excluding carboxylic acids is 1. The highest BCUT2D eigenvalue weighted by Gasteiger charge is 2.09. The number of hydrogen-bond donors (Lipinski definition) is 1. The smallest absolute Gasteiger partial charge is 0.358 e. The Balaban J connectivity index is 1.63. The van der Waals surface area contributed by atoms with Gasteiger partial charge in [0.25, 0.3) is 0 Å². The van der Waals surface area contributed by atoms with Crippen LogP contribution in [0.3, 0.4) is 0 Å². The van der Waals surface area contributed by atoms with Crippen molar-refractivity contribution in [2.24, 2.45) is 0 Å². The first kappa shape index (κ1) is 18.4. The van der Waals surface area contributed by atoms with E-state index in [4.69, 9.17) is 4.74 Å². The number of rotatable bonds is 7. The minimum Gasteiger partial charge on any atom is -0.464 e. The minimum atomic E-state index is -0.511. The summed E-state index contributed by atoms with van der Waals surface area (Å²) in [7, 11) is 1.31. The van der Waals surface area contributed by atoms with Crippen molar-refractivity contribution < 1.29 is 14.3 Å². The van der Waals surface area contributed by atoms with Crippen LogP contribution < -0.4 is 10.1 Å². The van der Waals surface area contributed by atoms with E-state index < -0.39 is 5.97 Å². The molecule has 0 aliphatic carbocycles. The van der Waals surface area contributed by atoms with E-state index in [0.29, 0.717) is 12.4 Å². The van der Waals surface area contributed by atoms with Gasteiger partial charge in [0.2, 0.25) is 0 Å². The number of anilines is 1. The number of nitrogens with one attached hydrogen (secondary N) is 1. The first-order chi connectivity index (χ1) is 13.2. The molecule has 1 aromatic heterocycles. The third-order valence-corrected chi connectivity index (χ3v) is 3.95. The van der Waals surface area contributed by atoms with Crippen molar-refractivity contribution in [1.82, 2.24) is 9.97 Å². The summed E-state index contributed by atoms with van der Waals surface area (Å²) in [5.41, 5.74) is 2.43. The van der Waals surface area contributed by atoms with Gasteiger partial charge in [0.05, 0.1) is 19.5 Å². The largest absolute Gasteiger partial charge is 0.464 e. The molecule has 0 fully saturated rings. The molecule has 0 radical (unpaired) electrons. The molecule has 0 aliphatic rings. The molecule has 27 heavy (non-hydrogen) atoms. The fraction of sp³-hybridized carbons (Fsp3) is 0.190. The summed E-state index contributed by atoms with van der Waals surface area (Å²) in [5.74, 6) is 1.63. The van der Waals surface area contributed by atoms with Crippen LogP contribution in [0.2, 0.25) is 0 Å². The van der Waals surface area contributed by atoms with E-state index in [1.807, 2.05) is 55.5 Å². The number of esters is 1. The second-order valence-corrected chi connectivity index (χ2v) is 5.98. The first-order valence-electron chi connectivity index (χ1n) is 8.62. The van der Waals surface area contributed by atoms with Crippen LogP contribution in [0.1, 0.15) is 21.6 Å². The van der Waals surface area contributed by atoms with Crippen LogP contribution in [0.5, 0.6) is 11.5 Å². The van der Waals surface area contributed by atoms with Gasteiger partial charge in [-0.15, -0.1) is 0 Å². The molecule has 0 saturated heterocycles. The first-order valence-corrected chi connectivity index (χ1v) is 8.62. The predicted molar refractivity (Wildman–Crippen MR) is 103 cm³/mol. The van der Waals surface area contributed by atoms with E-state index in [1.165, 1.54) is 18.9 Å². The highest BCUT2D eigenvalue weighted by Crippen LogP contribution is 2.25. The van der Waals surface area contributed by atoms with Crippen LogP contribution in [0.25, 0.3) is 0 Å². The topological polar surface area (TPSA) is 73.3 Å². The SMILES string of the molecule is COC(=O)c1cncc(NCCc2ccccc2Oc2ccc(C)cc2)n1. The zero-order chi connectivity index (χ0) is 19.1. The Morgan fingerprint density at radius 3 is 2.63 bits per heavy atom. The molecule has 1 N–H and O–H groups in total.